The van der Waals surface area contributed by atoms with Crippen LogP contribution in [0.15, 0.2) is 34.5 Å². The summed E-state index contributed by atoms with van der Waals surface area (Å²) >= 11 is 0.455. The van der Waals surface area contributed by atoms with Crippen LogP contribution in [0.4, 0.5) is 10.2 Å². The standard InChI is InChI=1S/C21H26FN7O11P2S/c1-36-17-16-11(38-20(17)28-3-2-12(30)27-21(28)31)5-37-41(32,33)39-15-10(4-9(13(15)22)6-43-42(34,35)40-16)29-8-26-14-18(23)24-7-25-19(14)29/h2-3,7-11,13,15-17,20H,4-6H2,1H3,(H,32,33)(H,34,35)(H2,23,24,25)(H,27,30,31)/t9-,10-,11-,13-,15+,16-,17-,20-/m1/s1. The van der Waals surface area contributed by atoms with E-state index in [1.54, 1.807) is 0 Å². The lowest BCUT2D eigenvalue weighted by molar-refractivity contribution is -0.0640. The van der Waals surface area contributed by atoms with Crippen LogP contribution in [0.2, 0.25) is 0 Å². The van der Waals surface area contributed by atoms with Crippen molar-refractivity contribution in [2.24, 2.45) is 5.92 Å². The number of nitrogens with two attached hydrogens (primary N) is 1. The lowest BCUT2D eigenvalue weighted by Crippen LogP contribution is -2.39. The molecule has 2 aliphatic heterocycles. The van der Waals surface area contributed by atoms with E-state index in [4.69, 9.17) is 28.8 Å². The minimum absolute atomic E-state index is 0.00125. The van der Waals surface area contributed by atoms with Gasteiger partial charge in [-0.1, -0.05) is 0 Å². The number of hydrogen-bond acceptors (Lipinski definition) is 14. The normalized spacial score (nSPS) is 38.7. The number of nitrogen functional groups attached to an aromatic ring is 1. The van der Waals surface area contributed by atoms with Gasteiger partial charge >= 0.3 is 20.3 Å². The molecule has 2 saturated heterocycles. The van der Waals surface area contributed by atoms with Gasteiger partial charge in [0.05, 0.1) is 19.0 Å². The molecule has 0 radical (unpaired) electrons. The SMILES string of the molecule is CO[C@@H]1[C@@H]2OP(=O)(O)SC[C@H]3C[C@@H](n4cnc5c(N)ncnc54)[C@H](OP(=O)(O)OC[C@H]2O[C@H]1n1ccc(=O)[nH]c1=O)[C@@H]3F. The van der Waals surface area contributed by atoms with Gasteiger partial charge in [-0.05, 0) is 17.8 Å². The van der Waals surface area contributed by atoms with Crippen molar-refractivity contribution in [2.45, 2.75) is 49.3 Å². The Morgan fingerprint density at radius 3 is 2.72 bits per heavy atom. The topological polar surface area (TPSA) is 245 Å². The van der Waals surface area contributed by atoms with Gasteiger partial charge in [-0.15, -0.1) is 0 Å². The van der Waals surface area contributed by atoms with Gasteiger partial charge in [0.15, 0.2) is 17.7 Å². The number of anilines is 1. The number of H-pyrrole nitrogens is 1. The molecular formula is C21H26FN7O11P2S. The smallest absolute Gasteiger partial charge is 0.382 e. The molecule has 22 heteroatoms. The Morgan fingerprint density at radius 1 is 1.19 bits per heavy atom. The van der Waals surface area contributed by atoms with Crippen LogP contribution in [0, 0.1) is 5.92 Å². The summed E-state index contributed by atoms with van der Waals surface area (Å²) in [6.07, 6.45) is -5.09. The highest BCUT2D eigenvalue weighted by molar-refractivity contribution is 8.54. The van der Waals surface area contributed by atoms with E-state index in [2.05, 4.69) is 19.9 Å². The van der Waals surface area contributed by atoms with Crippen LogP contribution in [0.3, 0.4) is 0 Å². The Balaban J connectivity index is 1.33. The number of hydrogen-bond donors (Lipinski definition) is 4. The number of alkyl halides is 1. The van der Waals surface area contributed by atoms with Crippen LogP contribution in [0.5, 0.6) is 0 Å². The van der Waals surface area contributed by atoms with Crippen LogP contribution in [-0.4, -0.2) is 88.9 Å². The number of halogens is 1. The minimum Gasteiger partial charge on any atom is -0.382 e. The lowest BCUT2D eigenvalue weighted by atomic mass is 10.1. The number of phosphoric ester groups is 1. The maximum absolute atomic E-state index is 15.9. The van der Waals surface area contributed by atoms with Gasteiger partial charge in [-0.25, -0.2) is 33.3 Å². The number of imidazole rings is 1. The van der Waals surface area contributed by atoms with Gasteiger partial charge in [-0.3, -0.25) is 27.9 Å². The average molecular weight is 665 g/mol. The molecular weight excluding hydrogens is 639 g/mol. The fraction of sp³-hybridized carbons (Fsp3) is 0.571. The molecule has 0 aromatic carbocycles. The molecule has 1 saturated carbocycles. The molecule has 3 fully saturated rings. The molecule has 5 N–H and O–H groups in total. The number of phosphoric acid groups is 1. The molecule has 0 amide bonds. The molecule has 3 aliphatic rings. The van der Waals surface area contributed by atoms with Gasteiger partial charge < -0.3 is 29.6 Å². The second-order valence-corrected chi connectivity index (χ2v) is 15.3. The summed E-state index contributed by atoms with van der Waals surface area (Å²) in [6.45, 7) is -5.32. The number of methoxy groups -OCH3 is 1. The van der Waals surface area contributed by atoms with Gasteiger partial charge in [0.1, 0.15) is 42.4 Å². The Hall–Kier alpha value is -2.51. The quantitative estimate of drug-likeness (QED) is 0.278. The van der Waals surface area contributed by atoms with Crippen molar-refractivity contribution in [3.63, 3.8) is 0 Å². The monoisotopic (exact) mass is 665 g/mol. The molecule has 6 rings (SSSR count). The Kier molecular flexibility index (Phi) is 8.12. The summed E-state index contributed by atoms with van der Waals surface area (Å²) < 4.78 is 72.1. The summed E-state index contributed by atoms with van der Waals surface area (Å²) in [5.41, 5.74) is 4.78. The molecule has 18 nitrogen and oxygen atoms in total. The number of aromatic nitrogens is 6. The zero-order valence-corrected chi connectivity index (χ0v) is 24.7. The van der Waals surface area contributed by atoms with Crippen LogP contribution >= 0.6 is 26.0 Å². The highest BCUT2D eigenvalue weighted by Crippen LogP contribution is 2.61. The first-order valence-corrected chi connectivity index (χ1v) is 17.4. The predicted octanol–water partition coefficient (Wildman–Crippen LogP) is 0.505. The van der Waals surface area contributed by atoms with Crippen molar-refractivity contribution >= 4 is 43.0 Å². The average Bonchev–Trinajstić information content (AvgIpc) is 3.60. The van der Waals surface area contributed by atoms with Gasteiger partial charge in [0.2, 0.25) is 0 Å². The fourth-order valence-corrected chi connectivity index (χ4v) is 9.43. The third-order valence-corrected chi connectivity index (χ3v) is 11.6. The largest absolute Gasteiger partial charge is 0.472 e. The van der Waals surface area contributed by atoms with E-state index in [0.717, 1.165) is 16.8 Å². The third-order valence-electron chi connectivity index (χ3n) is 7.48. The number of rotatable bonds is 3. The first-order chi connectivity index (χ1) is 20.4. The molecule has 234 valence electrons. The summed E-state index contributed by atoms with van der Waals surface area (Å²) in [6, 6.07) is 0.116. The molecule has 5 heterocycles. The van der Waals surface area contributed by atoms with Crippen LogP contribution in [0.1, 0.15) is 18.7 Å². The van der Waals surface area contributed by atoms with E-state index in [9.17, 15) is 28.5 Å². The van der Waals surface area contributed by atoms with E-state index < -0.39 is 81.3 Å². The van der Waals surface area contributed by atoms with Crippen molar-refractivity contribution < 1.29 is 46.4 Å². The highest BCUT2D eigenvalue weighted by atomic mass is 32.7. The zero-order valence-electron chi connectivity index (χ0n) is 22.1. The third kappa shape index (κ3) is 5.84. The maximum Gasteiger partial charge on any atom is 0.472 e. The lowest BCUT2D eigenvalue weighted by Gasteiger charge is -2.26. The molecule has 2 bridgehead atoms. The van der Waals surface area contributed by atoms with Crippen molar-refractivity contribution in [1.29, 1.82) is 0 Å². The van der Waals surface area contributed by atoms with Crippen molar-refractivity contribution in [3.05, 3.63) is 45.8 Å². The van der Waals surface area contributed by atoms with Gasteiger partial charge in [-0.2, -0.15) is 0 Å². The number of fused-ring (bicyclic) bond motifs is 4. The Bertz CT molecular complexity index is 1740. The number of aromatic amines is 1. The summed E-state index contributed by atoms with van der Waals surface area (Å²) in [5, 5.41) is 0. The summed E-state index contributed by atoms with van der Waals surface area (Å²) in [5.74, 6) is -1.12. The molecule has 3 aromatic heterocycles. The van der Waals surface area contributed by atoms with Crippen molar-refractivity contribution in [2.75, 3.05) is 25.2 Å². The number of nitrogens with zero attached hydrogens (tertiary/aromatic N) is 5. The van der Waals surface area contributed by atoms with E-state index in [0.29, 0.717) is 11.4 Å². The second kappa shape index (κ2) is 11.4. The molecule has 3 aromatic rings. The summed E-state index contributed by atoms with van der Waals surface area (Å²) in [4.78, 5) is 59.8. The molecule has 43 heavy (non-hydrogen) atoms. The molecule has 2 unspecified atom stereocenters. The molecule has 0 spiro atoms. The van der Waals surface area contributed by atoms with Gasteiger partial charge in [0, 0.05) is 31.0 Å². The predicted molar refractivity (Wildman–Crippen MR) is 146 cm³/mol. The maximum atomic E-state index is 15.9. The van der Waals surface area contributed by atoms with E-state index in [-0.39, 0.29) is 29.2 Å². The Morgan fingerprint density at radius 2 is 1.98 bits per heavy atom. The number of ether oxygens (including phenoxy) is 2. The second-order valence-electron chi connectivity index (χ2n) is 10.0. The molecule has 10 atom stereocenters. The van der Waals surface area contributed by atoms with Crippen LogP contribution in [-0.2, 0) is 32.2 Å². The summed E-state index contributed by atoms with van der Waals surface area (Å²) in [7, 11) is -3.80. The number of nitrogens with one attached hydrogen (secondary N) is 1. The minimum atomic E-state index is -5.02. The Labute approximate surface area is 244 Å². The van der Waals surface area contributed by atoms with E-state index in [1.807, 2.05) is 0 Å². The first-order valence-electron chi connectivity index (χ1n) is 12.8. The fourth-order valence-electron chi connectivity index (χ4n) is 5.53. The van der Waals surface area contributed by atoms with Crippen LogP contribution < -0.4 is 17.0 Å². The highest BCUT2D eigenvalue weighted by Gasteiger charge is 2.54. The molecule has 1 aliphatic carbocycles. The zero-order chi connectivity index (χ0) is 30.7. The van der Waals surface area contributed by atoms with Crippen LogP contribution in [0.25, 0.3) is 11.2 Å². The van der Waals surface area contributed by atoms with Crippen molar-refractivity contribution in [1.82, 2.24) is 29.1 Å². The van der Waals surface area contributed by atoms with E-state index >= 15 is 4.39 Å². The van der Waals surface area contributed by atoms with E-state index in [1.165, 1.54) is 24.3 Å². The van der Waals surface area contributed by atoms with Crippen molar-refractivity contribution in [3.8, 4) is 0 Å². The first kappa shape index (κ1) is 30.5. The van der Waals surface area contributed by atoms with Gasteiger partial charge in [0.25, 0.3) is 5.56 Å².